The standard InChI is InChI=1S/C19H29NO9/c1-6-7-22-13-11(25-17-15(13)27-19(4,5)29-17)9-23-12-10(8-20-21)24-16-14(12)26-18(2,3)28-16/h6,8,10-17,21H,1,7,9H2,2-5H3/b20-8+/t10-,11-,12-,13-,14-,15-,16-,17-/m1/s1. The highest BCUT2D eigenvalue weighted by atomic mass is 16.9. The van der Waals surface area contributed by atoms with Crippen molar-refractivity contribution >= 4 is 6.21 Å². The SMILES string of the molecule is C=CCO[C@H]1[C@H]2OC(C)(C)O[C@H]2O[C@@H]1CO[C@H]1[C@H]2OC(C)(C)O[C@H]2O[C@@H]1/C=N/O. The molecule has 10 nitrogen and oxygen atoms in total. The van der Waals surface area contributed by atoms with E-state index in [0.717, 1.165) is 0 Å². The molecule has 4 heterocycles. The number of rotatable bonds is 7. The number of hydrogen-bond donors (Lipinski definition) is 1. The molecule has 0 radical (unpaired) electrons. The van der Waals surface area contributed by atoms with Gasteiger partial charge in [0.05, 0.1) is 19.4 Å². The number of hydrogen-bond acceptors (Lipinski definition) is 10. The fourth-order valence-electron chi connectivity index (χ4n) is 4.15. The first kappa shape index (κ1) is 21.1. The van der Waals surface area contributed by atoms with E-state index in [-0.39, 0.29) is 18.8 Å². The minimum atomic E-state index is -0.790. The molecule has 0 aromatic heterocycles. The molecule has 4 rings (SSSR count). The van der Waals surface area contributed by atoms with Crippen molar-refractivity contribution in [1.82, 2.24) is 0 Å². The lowest BCUT2D eigenvalue weighted by Crippen LogP contribution is -2.43. The second kappa shape index (κ2) is 7.86. The maximum atomic E-state index is 8.95. The molecule has 10 heteroatoms. The summed E-state index contributed by atoms with van der Waals surface area (Å²) in [5.74, 6) is -1.53. The fraction of sp³-hybridized carbons (Fsp3) is 0.842. The molecular formula is C19H29NO9. The average molecular weight is 415 g/mol. The molecule has 0 saturated carbocycles. The molecule has 0 aromatic carbocycles. The Balaban J connectivity index is 1.43. The van der Waals surface area contributed by atoms with E-state index in [9.17, 15) is 0 Å². The largest absolute Gasteiger partial charge is 0.411 e. The predicted octanol–water partition coefficient (Wildman–Crippen LogP) is 1.16. The summed E-state index contributed by atoms with van der Waals surface area (Å²) in [6.45, 7) is 11.5. The van der Waals surface area contributed by atoms with Crippen molar-refractivity contribution in [3.8, 4) is 0 Å². The van der Waals surface area contributed by atoms with Crippen LogP contribution in [0.15, 0.2) is 17.8 Å². The summed E-state index contributed by atoms with van der Waals surface area (Å²) in [7, 11) is 0. The normalized spacial score (nSPS) is 45.0. The van der Waals surface area contributed by atoms with Crippen molar-refractivity contribution in [1.29, 1.82) is 0 Å². The minimum absolute atomic E-state index is 0.179. The van der Waals surface area contributed by atoms with Gasteiger partial charge in [-0.3, -0.25) is 0 Å². The molecule has 0 aromatic rings. The molecule has 29 heavy (non-hydrogen) atoms. The Morgan fingerprint density at radius 2 is 1.55 bits per heavy atom. The van der Waals surface area contributed by atoms with E-state index >= 15 is 0 Å². The Hall–Kier alpha value is -1.11. The molecule has 8 atom stereocenters. The van der Waals surface area contributed by atoms with Gasteiger partial charge in [0.2, 0.25) is 0 Å². The molecule has 4 aliphatic rings. The molecule has 4 fully saturated rings. The van der Waals surface area contributed by atoms with Crippen molar-refractivity contribution in [3.63, 3.8) is 0 Å². The van der Waals surface area contributed by atoms with Gasteiger partial charge in [0, 0.05) is 0 Å². The van der Waals surface area contributed by atoms with Crippen molar-refractivity contribution in [2.45, 2.75) is 88.5 Å². The lowest BCUT2D eigenvalue weighted by Gasteiger charge is -2.28. The Labute approximate surface area is 169 Å². The number of nitrogens with zero attached hydrogens (tertiary/aromatic N) is 1. The van der Waals surface area contributed by atoms with Gasteiger partial charge in [-0.05, 0) is 27.7 Å². The molecule has 4 aliphatic heterocycles. The zero-order valence-corrected chi connectivity index (χ0v) is 17.1. The number of oxime groups is 1. The topological polar surface area (TPSA) is 106 Å². The van der Waals surface area contributed by atoms with Crippen molar-refractivity contribution in [2.75, 3.05) is 13.2 Å². The molecule has 1 N–H and O–H groups in total. The van der Waals surface area contributed by atoms with Crippen LogP contribution in [0.1, 0.15) is 27.7 Å². The molecule has 0 spiro atoms. The lowest BCUT2D eigenvalue weighted by atomic mass is 10.1. The zero-order valence-electron chi connectivity index (χ0n) is 17.1. The van der Waals surface area contributed by atoms with E-state index in [4.69, 9.17) is 43.1 Å². The van der Waals surface area contributed by atoms with Gasteiger partial charge in [0.25, 0.3) is 0 Å². The van der Waals surface area contributed by atoms with E-state index in [0.29, 0.717) is 6.61 Å². The molecule has 4 saturated heterocycles. The highest BCUT2D eigenvalue weighted by Crippen LogP contribution is 2.41. The average Bonchev–Trinajstić information content (AvgIpc) is 3.27. The second-order valence-corrected chi connectivity index (χ2v) is 8.36. The van der Waals surface area contributed by atoms with Crippen molar-refractivity contribution < 1.29 is 43.1 Å². The summed E-state index contributed by atoms with van der Waals surface area (Å²) in [6.07, 6.45) is -1.04. The maximum Gasteiger partial charge on any atom is 0.190 e. The Morgan fingerprint density at radius 3 is 2.17 bits per heavy atom. The molecule has 0 amide bonds. The van der Waals surface area contributed by atoms with Gasteiger partial charge in [0.15, 0.2) is 24.2 Å². The van der Waals surface area contributed by atoms with Crippen LogP contribution in [-0.2, 0) is 37.9 Å². The Kier molecular flexibility index (Phi) is 5.73. The van der Waals surface area contributed by atoms with Crippen molar-refractivity contribution in [3.05, 3.63) is 12.7 Å². The summed E-state index contributed by atoms with van der Waals surface area (Å²) in [6, 6.07) is 0. The third-order valence-electron chi connectivity index (χ3n) is 5.19. The van der Waals surface area contributed by atoms with E-state index in [1.807, 2.05) is 13.8 Å². The Morgan fingerprint density at radius 1 is 0.931 bits per heavy atom. The summed E-state index contributed by atoms with van der Waals surface area (Å²) in [5, 5.41) is 12.0. The quantitative estimate of drug-likeness (QED) is 0.284. The highest BCUT2D eigenvalue weighted by molar-refractivity contribution is 5.64. The minimum Gasteiger partial charge on any atom is -0.411 e. The smallest absolute Gasteiger partial charge is 0.190 e. The summed E-state index contributed by atoms with van der Waals surface area (Å²) in [5.41, 5.74) is 0. The van der Waals surface area contributed by atoms with Crippen LogP contribution in [-0.4, -0.2) is 85.4 Å². The zero-order chi connectivity index (χ0) is 20.8. The first-order valence-electron chi connectivity index (χ1n) is 9.77. The van der Waals surface area contributed by atoms with Crippen LogP contribution in [0.2, 0.25) is 0 Å². The number of ether oxygens (including phenoxy) is 8. The van der Waals surface area contributed by atoms with Crippen LogP contribution in [0.4, 0.5) is 0 Å². The van der Waals surface area contributed by atoms with Gasteiger partial charge in [-0.25, -0.2) is 0 Å². The van der Waals surface area contributed by atoms with Crippen LogP contribution in [0.5, 0.6) is 0 Å². The van der Waals surface area contributed by atoms with Crippen LogP contribution in [0.25, 0.3) is 0 Å². The van der Waals surface area contributed by atoms with Gasteiger partial charge in [-0.2, -0.15) is 0 Å². The third kappa shape index (κ3) is 4.21. The summed E-state index contributed by atoms with van der Waals surface area (Å²) >= 11 is 0. The van der Waals surface area contributed by atoms with Crippen LogP contribution in [0.3, 0.4) is 0 Å². The van der Waals surface area contributed by atoms with Crippen molar-refractivity contribution in [2.24, 2.45) is 5.16 Å². The van der Waals surface area contributed by atoms with Crippen LogP contribution in [0, 0.1) is 0 Å². The monoisotopic (exact) mass is 415 g/mol. The van der Waals surface area contributed by atoms with Crippen LogP contribution < -0.4 is 0 Å². The third-order valence-corrected chi connectivity index (χ3v) is 5.19. The first-order valence-corrected chi connectivity index (χ1v) is 9.77. The predicted molar refractivity (Wildman–Crippen MR) is 97.4 cm³/mol. The second-order valence-electron chi connectivity index (χ2n) is 8.36. The Bertz CT molecular complexity index is 639. The van der Waals surface area contributed by atoms with E-state index < -0.39 is 48.6 Å². The van der Waals surface area contributed by atoms with Gasteiger partial charge in [-0.15, -0.1) is 6.58 Å². The molecular weight excluding hydrogens is 386 g/mol. The summed E-state index contributed by atoms with van der Waals surface area (Å²) < 4.78 is 47.2. The first-order chi connectivity index (χ1) is 13.7. The summed E-state index contributed by atoms with van der Waals surface area (Å²) in [4.78, 5) is 0. The fourth-order valence-corrected chi connectivity index (χ4v) is 4.15. The molecule has 164 valence electrons. The van der Waals surface area contributed by atoms with Gasteiger partial charge < -0.3 is 43.1 Å². The van der Waals surface area contributed by atoms with E-state index in [1.165, 1.54) is 6.21 Å². The molecule has 0 bridgehead atoms. The van der Waals surface area contributed by atoms with Gasteiger partial charge in [-0.1, -0.05) is 11.2 Å². The van der Waals surface area contributed by atoms with E-state index in [2.05, 4.69) is 11.7 Å². The van der Waals surface area contributed by atoms with Gasteiger partial charge in [0.1, 0.15) is 36.6 Å². The maximum absolute atomic E-state index is 8.95. The number of fused-ring (bicyclic) bond motifs is 2. The van der Waals surface area contributed by atoms with E-state index in [1.54, 1.807) is 19.9 Å². The highest BCUT2D eigenvalue weighted by Gasteiger charge is 2.58. The molecule has 0 aliphatic carbocycles. The lowest BCUT2D eigenvalue weighted by molar-refractivity contribution is -0.230. The van der Waals surface area contributed by atoms with Crippen LogP contribution >= 0.6 is 0 Å². The molecule has 0 unspecified atom stereocenters. The van der Waals surface area contributed by atoms with Gasteiger partial charge >= 0.3 is 0 Å².